The molecule has 122 valence electrons. The van der Waals surface area contributed by atoms with Crippen LogP contribution in [0, 0.1) is 6.92 Å². The van der Waals surface area contributed by atoms with E-state index in [-0.39, 0.29) is 18.1 Å². The molecule has 0 bridgehead atoms. The predicted octanol–water partition coefficient (Wildman–Crippen LogP) is 1.21. The van der Waals surface area contributed by atoms with Crippen molar-refractivity contribution in [2.45, 2.75) is 64.3 Å². The molecule has 2 aliphatic rings. The molecule has 1 amide bonds. The van der Waals surface area contributed by atoms with Gasteiger partial charge < -0.3 is 19.4 Å². The Morgan fingerprint density at radius 2 is 2.45 bits per heavy atom. The fourth-order valence-corrected chi connectivity index (χ4v) is 3.13. The largest absolute Gasteiger partial charge is 0.376 e. The van der Waals surface area contributed by atoms with Gasteiger partial charge in [-0.15, -0.1) is 0 Å². The molecule has 0 aromatic carbocycles. The van der Waals surface area contributed by atoms with E-state index in [2.05, 4.69) is 14.9 Å². The molecule has 1 saturated heterocycles. The third kappa shape index (κ3) is 3.67. The topological polar surface area (TPSA) is 65.4 Å². The highest BCUT2D eigenvalue weighted by atomic mass is 16.5. The first kappa shape index (κ1) is 15.5. The van der Waals surface area contributed by atoms with Gasteiger partial charge in [0, 0.05) is 31.8 Å². The summed E-state index contributed by atoms with van der Waals surface area (Å²) in [6.07, 6.45) is 5.72. The summed E-state index contributed by atoms with van der Waals surface area (Å²) in [5.74, 6) is 1.08. The van der Waals surface area contributed by atoms with Crippen molar-refractivity contribution in [2.24, 2.45) is 0 Å². The van der Waals surface area contributed by atoms with Gasteiger partial charge in [-0.05, 0) is 33.1 Å². The number of hydrogen-bond donors (Lipinski definition) is 1. The molecule has 2 aliphatic heterocycles. The van der Waals surface area contributed by atoms with Gasteiger partial charge in [-0.1, -0.05) is 0 Å². The van der Waals surface area contributed by atoms with Crippen molar-refractivity contribution in [3.63, 3.8) is 0 Å². The minimum Gasteiger partial charge on any atom is -0.376 e. The van der Waals surface area contributed by atoms with Crippen molar-refractivity contribution in [3.8, 4) is 0 Å². The summed E-state index contributed by atoms with van der Waals surface area (Å²) in [5, 5.41) is 3.09. The van der Waals surface area contributed by atoms with Crippen molar-refractivity contribution in [3.05, 3.63) is 17.7 Å². The van der Waals surface area contributed by atoms with E-state index >= 15 is 0 Å². The number of imidazole rings is 1. The molecule has 6 heteroatoms. The normalized spacial score (nSPS) is 25.7. The standard InChI is InChI=1S/C16H25N3O3/c1-11-8-19-9-13(5-6-15(19)17-11)18-16(20)12(2)22-10-14-4-3-7-21-14/h8,12-14H,3-7,9-10H2,1-2H3,(H,18,20)/t12-,13-,14-/m0/s1. The highest BCUT2D eigenvalue weighted by molar-refractivity contribution is 5.80. The summed E-state index contributed by atoms with van der Waals surface area (Å²) in [6, 6.07) is 0.155. The molecule has 0 unspecified atom stereocenters. The Balaban J connectivity index is 1.45. The van der Waals surface area contributed by atoms with Crippen molar-refractivity contribution >= 4 is 5.91 Å². The van der Waals surface area contributed by atoms with Crippen molar-refractivity contribution < 1.29 is 14.3 Å². The van der Waals surface area contributed by atoms with Gasteiger partial charge >= 0.3 is 0 Å². The molecule has 22 heavy (non-hydrogen) atoms. The predicted molar refractivity (Wildman–Crippen MR) is 81.6 cm³/mol. The van der Waals surface area contributed by atoms with Gasteiger partial charge in [0.2, 0.25) is 5.91 Å². The van der Waals surface area contributed by atoms with Crippen molar-refractivity contribution in [1.82, 2.24) is 14.9 Å². The summed E-state index contributed by atoms with van der Waals surface area (Å²) >= 11 is 0. The molecule has 0 aliphatic carbocycles. The van der Waals surface area contributed by atoms with Crippen LogP contribution in [0.15, 0.2) is 6.20 Å². The number of fused-ring (bicyclic) bond motifs is 1. The lowest BCUT2D eigenvalue weighted by atomic mass is 10.1. The van der Waals surface area contributed by atoms with E-state index in [4.69, 9.17) is 9.47 Å². The molecule has 1 aromatic heterocycles. The average Bonchev–Trinajstić information content (AvgIpc) is 3.12. The number of carbonyl (C=O) groups excluding carboxylic acids is 1. The lowest BCUT2D eigenvalue weighted by Gasteiger charge is -2.26. The van der Waals surface area contributed by atoms with E-state index in [1.54, 1.807) is 6.92 Å². The first-order valence-electron chi connectivity index (χ1n) is 8.18. The summed E-state index contributed by atoms with van der Waals surface area (Å²) in [5.41, 5.74) is 1.04. The lowest BCUT2D eigenvalue weighted by molar-refractivity contribution is -0.134. The Hall–Kier alpha value is -1.40. The highest BCUT2D eigenvalue weighted by Gasteiger charge is 2.24. The second-order valence-electron chi connectivity index (χ2n) is 6.31. The maximum absolute atomic E-state index is 12.2. The van der Waals surface area contributed by atoms with E-state index in [9.17, 15) is 4.79 Å². The van der Waals surface area contributed by atoms with Crippen LogP contribution >= 0.6 is 0 Å². The minimum absolute atomic E-state index is 0.0386. The molecule has 3 heterocycles. The van der Waals surface area contributed by atoms with Crippen LogP contribution in [0.4, 0.5) is 0 Å². The van der Waals surface area contributed by atoms with E-state index < -0.39 is 6.10 Å². The maximum atomic E-state index is 12.2. The fourth-order valence-electron chi connectivity index (χ4n) is 3.13. The van der Waals surface area contributed by atoms with Crippen LogP contribution in [0.1, 0.15) is 37.7 Å². The monoisotopic (exact) mass is 307 g/mol. The number of amides is 1. The average molecular weight is 307 g/mol. The zero-order valence-electron chi connectivity index (χ0n) is 13.4. The first-order chi connectivity index (χ1) is 10.6. The number of aromatic nitrogens is 2. The lowest BCUT2D eigenvalue weighted by Crippen LogP contribution is -2.45. The van der Waals surface area contributed by atoms with Crippen LogP contribution in [0.2, 0.25) is 0 Å². The van der Waals surface area contributed by atoms with Crippen molar-refractivity contribution in [1.29, 1.82) is 0 Å². The minimum atomic E-state index is -0.435. The molecule has 0 radical (unpaired) electrons. The Labute approximate surface area is 131 Å². The summed E-state index contributed by atoms with van der Waals surface area (Å²) in [7, 11) is 0. The van der Waals surface area contributed by atoms with Gasteiger partial charge in [0.1, 0.15) is 11.9 Å². The van der Waals surface area contributed by atoms with E-state index in [0.717, 1.165) is 50.4 Å². The number of carbonyl (C=O) groups is 1. The second-order valence-corrected chi connectivity index (χ2v) is 6.31. The SMILES string of the molecule is Cc1cn2c(n1)CC[C@H](NC(=O)[C@H](C)OC[C@@H]1CCCO1)C2. The Morgan fingerprint density at radius 3 is 3.23 bits per heavy atom. The number of rotatable bonds is 5. The van der Waals surface area contributed by atoms with E-state index in [1.807, 2.05) is 13.1 Å². The molecule has 1 fully saturated rings. The van der Waals surface area contributed by atoms with Crippen LogP contribution in [0.3, 0.4) is 0 Å². The van der Waals surface area contributed by atoms with Crippen LogP contribution in [-0.2, 0) is 27.2 Å². The van der Waals surface area contributed by atoms with E-state index in [0.29, 0.717) is 6.61 Å². The number of aryl methyl sites for hydroxylation is 2. The van der Waals surface area contributed by atoms with Gasteiger partial charge in [0.05, 0.1) is 18.4 Å². The molecule has 0 spiro atoms. The third-order valence-corrected chi connectivity index (χ3v) is 4.38. The molecular formula is C16H25N3O3. The second kappa shape index (κ2) is 6.79. The molecule has 1 N–H and O–H groups in total. The molecule has 0 saturated carbocycles. The summed E-state index contributed by atoms with van der Waals surface area (Å²) in [6.45, 7) is 5.91. The number of hydrogen-bond acceptors (Lipinski definition) is 4. The zero-order chi connectivity index (χ0) is 15.5. The molecular weight excluding hydrogens is 282 g/mol. The maximum Gasteiger partial charge on any atom is 0.249 e. The number of nitrogens with zero attached hydrogens (tertiary/aromatic N) is 2. The van der Waals surface area contributed by atoms with Gasteiger partial charge in [0.25, 0.3) is 0 Å². The Morgan fingerprint density at radius 1 is 1.59 bits per heavy atom. The number of nitrogens with one attached hydrogen (secondary N) is 1. The summed E-state index contributed by atoms with van der Waals surface area (Å²) in [4.78, 5) is 16.7. The smallest absolute Gasteiger partial charge is 0.249 e. The highest BCUT2D eigenvalue weighted by Crippen LogP contribution is 2.16. The molecule has 3 rings (SSSR count). The molecule has 6 nitrogen and oxygen atoms in total. The van der Waals surface area contributed by atoms with Crippen LogP contribution < -0.4 is 5.32 Å². The molecule has 3 atom stereocenters. The van der Waals surface area contributed by atoms with Gasteiger partial charge in [-0.3, -0.25) is 4.79 Å². The summed E-state index contributed by atoms with van der Waals surface area (Å²) < 4.78 is 13.3. The van der Waals surface area contributed by atoms with Crippen molar-refractivity contribution in [2.75, 3.05) is 13.2 Å². The van der Waals surface area contributed by atoms with E-state index in [1.165, 1.54) is 0 Å². The fraction of sp³-hybridized carbons (Fsp3) is 0.750. The van der Waals surface area contributed by atoms with Crippen LogP contribution in [-0.4, -0.2) is 46.9 Å². The Kier molecular flexibility index (Phi) is 4.78. The quantitative estimate of drug-likeness (QED) is 0.888. The number of ether oxygens (including phenoxy) is 2. The third-order valence-electron chi connectivity index (χ3n) is 4.38. The van der Waals surface area contributed by atoms with Gasteiger partial charge in [-0.25, -0.2) is 4.98 Å². The van der Waals surface area contributed by atoms with Crippen LogP contribution in [0.25, 0.3) is 0 Å². The molecule has 1 aromatic rings. The van der Waals surface area contributed by atoms with Crippen LogP contribution in [0.5, 0.6) is 0 Å². The van der Waals surface area contributed by atoms with Gasteiger partial charge in [0.15, 0.2) is 0 Å². The Bertz CT molecular complexity index is 523. The van der Waals surface area contributed by atoms with Gasteiger partial charge in [-0.2, -0.15) is 0 Å². The first-order valence-corrected chi connectivity index (χ1v) is 8.18. The zero-order valence-corrected chi connectivity index (χ0v) is 13.4.